The molecule has 2 aromatic carbocycles. The molecule has 3 rings (SSSR count). The van der Waals surface area contributed by atoms with Crippen LogP contribution in [0.25, 0.3) is 0 Å². The first kappa shape index (κ1) is 18.6. The Hall–Kier alpha value is -3.16. The van der Waals surface area contributed by atoms with Crippen molar-refractivity contribution in [2.45, 2.75) is 20.0 Å². The van der Waals surface area contributed by atoms with E-state index in [1.54, 1.807) is 35.2 Å². The molecule has 2 amide bonds. The van der Waals surface area contributed by atoms with Crippen molar-refractivity contribution in [3.8, 4) is 5.75 Å². The van der Waals surface area contributed by atoms with E-state index >= 15 is 0 Å². The molecule has 0 saturated heterocycles. The van der Waals surface area contributed by atoms with Crippen molar-refractivity contribution < 1.29 is 23.1 Å². The zero-order valence-corrected chi connectivity index (χ0v) is 14.7. The van der Waals surface area contributed by atoms with Crippen molar-refractivity contribution in [2.75, 3.05) is 28.6 Å². The molecule has 2 aromatic rings. The van der Waals surface area contributed by atoms with Gasteiger partial charge in [0.05, 0.1) is 12.2 Å². The lowest BCUT2D eigenvalue weighted by atomic mass is 10.1. The second-order valence-electron chi connectivity index (χ2n) is 6.04. The van der Waals surface area contributed by atoms with Gasteiger partial charge in [0.25, 0.3) is 0 Å². The molecule has 0 radical (unpaired) electrons. The normalized spacial score (nSPS) is 12.7. The van der Waals surface area contributed by atoms with E-state index in [1.807, 2.05) is 6.07 Å². The number of halogens is 2. The molecule has 0 aliphatic carbocycles. The quantitative estimate of drug-likeness (QED) is 0.813. The number of hydrogen-bond acceptors (Lipinski definition) is 4. The second-order valence-corrected chi connectivity index (χ2v) is 6.04. The fourth-order valence-electron chi connectivity index (χ4n) is 3.00. The third-order valence-corrected chi connectivity index (χ3v) is 4.18. The lowest BCUT2D eigenvalue weighted by Crippen LogP contribution is -2.25. The van der Waals surface area contributed by atoms with Crippen LogP contribution in [0, 0.1) is 0 Å². The molecule has 0 spiro atoms. The molecule has 1 aliphatic heterocycles. The molecule has 142 valence electrons. The predicted octanol–water partition coefficient (Wildman–Crippen LogP) is 3.25. The van der Waals surface area contributed by atoms with Crippen molar-refractivity contribution in [3.05, 3.63) is 48.0 Å². The highest BCUT2D eigenvalue weighted by atomic mass is 19.3. The maximum atomic E-state index is 12.4. The van der Waals surface area contributed by atoms with Gasteiger partial charge in [0, 0.05) is 24.8 Å². The minimum Gasteiger partial charge on any atom is -0.433 e. The predicted molar refractivity (Wildman–Crippen MR) is 98.4 cm³/mol. The van der Waals surface area contributed by atoms with Crippen molar-refractivity contribution >= 4 is 28.9 Å². The van der Waals surface area contributed by atoms with Gasteiger partial charge in [0.1, 0.15) is 5.75 Å². The average Bonchev–Trinajstić information content (AvgIpc) is 3.04. The van der Waals surface area contributed by atoms with Gasteiger partial charge in [0.2, 0.25) is 11.8 Å². The topological polar surface area (TPSA) is 70.7 Å². The molecular formula is C19H19F2N3O3. The summed E-state index contributed by atoms with van der Waals surface area (Å²) in [6.07, 6.45) is 0.731. The Labute approximate surface area is 155 Å². The largest absolute Gasteiger partial charge is 0.433 e. The maximum absolute atomic E-state index is 12.4. The van der Waals surface area contributed by atoms with Crippen molar-refractivity contribution in [3.63, 3.8) is 0 Å². The van der Waals surface area contributed by atoms with E-state index in [4.69, 9.17) is 0 Å². The van der Waals surface area contributed by atoms with E-state index in [1.165, 1.54) is 13.0 Å². The van der Waals surface area contributed by atoms with Gasteiger partial charge < -0.3 is 20.3 Å². The number of hydrogen-bond donors (Lipinski definition) is 2. The fraction of sp³-hybridized carbons (Fsp3) is 0.263. The minimum atomic E-state index is -2.94. The van der Waals surface area contributed by atoms with Crippen molar-refractivity contribution in [1.82, 2.24) is 0 Å². The molecule has 0 atom stereocenters. The number of para-hydroxylation sites is 2. The molecule has 0 bridgehead atoms. The summed E-state index contributed by atoms with van der Waals surface area (Å²) in [5, 5.41) is 5.54. The van der Waals surface area contributed by atoms with E-state index in [9.17, 15) is 18.4 Å². The minimum absolute atomic E-state index is 0.0144. The number of nitrogens with zero attached hydrogens (tertiary/aromatic N) is 1. The van der Waals surface area contributed by atoms with Crippen LogP contribution in [0.4, 0.5) is 25.8 Å². The van der Waals surface area contributed by atoms with Crippen LogP contribution in [0.5, 0.6) is 5.75 Å². The van der Waals surface area contributed by atoms with Gasteiger partial charge in [0.15, 0.2) is 0 Å². The summed E-state index contributed by atoms with van der Waals surface area (Å²) in [6.45, 7) is -0.903. The summed E-state index contributed by atoms with van der Waals surface area (Å²) in [5.74, 6) is -0.371. The monoisotopic (exact) mass is 375 g/mol. The molecule has 27 heavy (non-hydrogen) atoms. The first-order valence-electron chi connectivity index (χ1n) is 8.42. The Bertz CT molecular complexity index is 858. The van der Waals surface area contributed by atoms with Gasteiger partial charge in [-0.05, 0) is 42.3 Å². The Balaban J connectivity index is 1.60. The number of rotatable bonds is 6. The first-order chi connectivity index (χ1) is 12.9. The van der Waals surface area contributed by atoms with Crippen LogP contribution in [0.3, 0.4) is 0 Å². The smallest absolute Gasteiger partial charge is 0.387 e. The van der Waals surface area contributed by atoms with Gasteiger partial charge >= 0.3 is 6.61 Å². The third-order valence-electron chi connectivity index (χ3n) is 4.18. The van der Waals surface area contributed by atoms with Crippen molar-refractivity contribution in [2.24, 2.45) is 0 Å². The van der Waals surface area contributed by atoms with Crippen LogP contribution < -0.4 is 20.3 Å². The number of amides is 2. The number of benzene rings is 2. The van der Waals surface area contributed by atoms with Gasteiger partial charge in [-0.3, -0.25) is 9.59 Å². The highest BCUT2D eigenvalue weighted by Gasteiger charge is 2.22. The van der Waals surface area contributed by atoms with Crippen LogP contribution in [0.2, 0.25) is 0 Å². The molecule has 1 aliphatic rings. The Kier molecular flexibility index (Phi) is 5.54. The van der Waals surface area contributed by atoms with Crippen LogP contribution in [0.1, 0.15) is 12.5 Å². The molecule has 0 fully saturated rings. The Morgan fingerprint density at radius 3 is 2.74 bits per heavy atom. The Morgan fingerprint density at radius 2 is 2.00 bits per heavy atom. The molecule has 1 heterocycles. The molecule has 2 N–H and O–H groups in total. The standard InChI is InChI=1S/C19H19F2N3O3/c1-12(25)24-9-8-13-10-14(6-7-16(13)24)23-18(26)11-22-15-4-2-3-5-17(15)27-19(20)21/h2-7,10,19,22H,8-9,11H2,1H3,(H,23,26). The zero-order valence-electron chi connectivity index (χ0n) is 14.7. The highest BCUT2D eigenvalue weighted by Crippen LogP contribution is 2.30. The highest BCUT2D eigenvalue weighted by molar-refractivity contribution is 5.96. The summed E-state index contributed by atoms with van der Waals surface area (Å²) in [5.41, 5.74) is 2.77. The number of anilines is 3. The first-order valence-corrected chi connectivity index (χ1v) is 8.42. The van der Waals surface area contributed by atoms with Crippen LogP contribution >= 0.6 is 0 Å². The van der Waals surface area contributed by atoms with E-state index < -0.39 is 6.61 Å². The number of carbonyl (C=O) groups excluding carboxylic acids is 2. The maximum Gasteiger partial charge on any atom is 0.387 e. The summed E-state index contributed by atoms with van der Waals surface area (Å²) < 4.78 is 29.3. The Morgan fingerprint density at radius 1 is 1.22 bits per heavy atom. The molecule has 0 saturated carbocycles. The number of ether oxygens (including phenoxy) is 1. The number of alkyl halides is 2. The van der Waals surface area contributed by atoms with E-state index in [2.05, 4.69) is 15.4 Å². The van der Waals surface area contributed by atoms with Gasteiger partial charge in [-0.1, -0.05) is 12.1 Å². The molecule has 0 aromatic heterocycles. The second kappa shape index (κ2) is 8.03. The number of carbonyl (C=O) groups is 2. The lowest BCUT2D eigenvalue weighted by Gasteiger charge is -2.15. The molecule has 8 heteroatoms. The summed E-state index contributed by atoms with van der Waals surface area (Å²) in [4.78, 5) is 25.4. The molecule has 6 nitrogen and oxygen atoms in total. The number of fused-ring (bicyclic) bond motifs is 1. The van der Waals surface area contributed by atoms with E-state index in [-0.39, 0.29) is 24.1 Å². The summed E-state index contributed by atoms with van der Waals surface area (Å²) in [7, 11) is 0. The fourth-order valence-corrected chi connectivity index (χ4v) is 3.00. The van der Waals surface area contributed by atoms with E-state index in [0.717, 1.165) is 17.7 Å². The average molecular weight is 375 g/mol. The van der Waals surface area contributed by atoms with Crippen LogP contribution in [-0.4, -0.2) is 31.5 Å². The number of nitrogens with one attached hydrogen (secondary N) is 2. The molecule has 0 unspecified atom stereocenters. The van der Waals surface area contributed by atoms with E-state index in [0.29, 0.717) is 17.9 Å². The van der Waals surface area contributed by atoms with Crippen LogP contribution in [-0.2, 0) is 16.0 Å². The summed E-state index contributed by atoms with van der Waals surface area (Å²) in [6, 6.07) is 11.5. The SMILES string of the molecule is CC(=O)N1CCc2cc(NC(=O)CNc3ccccc3OC(F)F)ccc21. The van der Waals surface area contributed by atoms with Gasteiger partial charge in [-0.2, -0.15) is 8.78 Å². The third kappa shape index (κ3) is 4.52. The van der Waals surface area contributed by atoms with Crippen molar-refractivity contribution in [1.29, 1.82) is 0 Å². The zero-order chi connectivity index (χ0) is 19.4. The lowest BCUT2D eigenvalue weighted by molar-refractivity contribution is -0.116. The van der Waals surface area contributed by atoms with Gasteiger partial charge in [-0.25, -0.2) is 0 Å². The van der Waals surface area contributed by atoms with Gasteiger partial charge in [-0.15, -0.1) is 0 Å². The van der Waals surface area contributed by atoms with Crippen LogP contribution in [0.15, 0.2) is 42.5 Å². The molecular weight excluding hydrogens is 356 g/mol. The summed E-state index contributed by atoms with van der Waals surface area (Å²) >= 11 is 0.